The number of nitrogens with one attached hydrogen (secondary N) is 1. The lowest BCUT2D eigenvalue weighted by atomic mass is 10.1. The first-order valence-electron chi connectivity index (χ1n) is 9.32. The fraction of sp³-hybridized carbons (Fsp3) is 0.333. The summed E-state index contributed by atoms with van der Waals surface area (Å²) in [5, 5.41) is 3.63. The van der Waals surface area contributed by atoms with Crippen LogP contribution in [0.15, 0.2) is 42.5 Å². The molecule has 0 saturated carbocycles. The van der Waals surface area contributed by atoms with Gasteiger partial charge in [-0.15, -0.1) is 0 Å². The van der Waals surface area contributed by atoms with Gasteiger partial charge in [-0.05, 0) is 36.2 Å². The molecule has 0 spiro atoms. The molecule has 1 fully saturated rings. The van der Waals surface area contributed by atoms with Crippen LogP contribution in [0, 0.1) is 5.92 Å². The third-order valence-electron chi connectivity index (χ3n) is 4.96. The van der Waals surface area contributed by atoms with E-state index in [2.05, 4.69) is 5.32 Å². The molecule has 2 aromatic carbocycles. The maximum Gasteiger partial charge on any atom is 0.227 e. The third kappa shape index (κ3) is 4.07. The molecule has 0 aliphatic carbocycles. The van der Waals surface area contributed by atoms with Crippen molar-refractivity contribution < 1.29 is 19.1 Å². The Balaban J connectivity index is 1.33. The van der Waals surface area contributed by atoms with Crippen molar-refractivity contribution in [2.45, 2.75) is 12.8 Å². The highest BCUT2D eigenvalue weighted by atomic mass is 35.5. The quantitative estimate of drug-likeness (QED) is 0.838. The van der Waals surface area contributed by atoms with E-state index in [1.807, 2.05) is 30.3 Å². The summed E-state index contributed by atoms with van der Waals surface area (Å²) >= 11 is 5.88. The minimum Gasteiger partial charge on any atom is -0.486 e. The number of anilines is 1. The van der Waals surface area contributed by atoms with Gasteiger partial charge in [0.1, 0.15) is 13.2 Å². The number of carbonyl (C=O) groups is 2. The predicted octanol–water partition coefficient (Wildman–Crippen LogP) is 2.82. The largest absolute Gasteiger partial charge is 0.486 e. The van der Waals surface area contributed by atoms with Crippen molar-refractivity contribution in [3.05, 3.63) is 53.1 Å². The third-order valence-corrected chi connectivity index (χ3v) is 5.21. The zero-order valence-electron chi connectivity index (χ0n) is 15.3. The van der Waals surface area contributed by atoms with E-state index in [1.54, 1.807) is 17.0 Å². The lowest BCUT2D eigenvalue weighted by molar-refractivity contribution is -0.126. The second-order valence-electron chi connectivity index (χ2n) is 6.90. The maximum absolute atomic E-state index is 12.5. The Bertz CT molecular complexity index is 884. The monoisotopic (exact) mass is 400 g/mol. The molecule has 6 nitrogen and oxygen atoms in total. The van der Waals surface area contributed by atoms with Gasteiger partial charge in [-0.2, -0.15) is 0 Å². The van der Waals surface area contributed by atoms with Crippen molar-refractivity contribution in [1.82, 2.24) is 5.32 Å². The molecule has 146 valence electrons. The topological polar surface area (TPSA) is 67.9 Å². The molecular weight excluding hydrogens is 380 g/mol. The van der Waals surface area contributed by atoms with Gasteiger partial charge >= 0.3 is 0 Å². The molecule has 2 aromatic rings. The van der Waals surface area contributed by atoms with Crippen molar-refractivity contribution in [2.24, 2.45) is 5.92 Å². The zero-order valence-corrected chi connectivity index (χ0v) is 16.1. The summed E-state index contributed by atoms with van der Waals surface area (Å²) in [6.07, 6.45) is 0.927. The summed E-state index contributed by atoms with van der Waals surface area (Å²) in [7, 11) is 0. The Hall–Kier alpha value is -2.73. The summed E-state index contributed by atoms with van der Waals surface area (Å²) in [5.74, 6) is 0.799. The van der Waals surface area contributed by atoms with E-state index in [-0.39, 0.29) is 24.2 Å². The second-order valence-corrected chi connectivity index (χ2v) is 7.34. The summed E-state index contributed by atoms with van der Waals surface area (Å²) in [6, 6.07) is 13.0. The normalized spacial score (nSPS) is 18.2. The summed E-state index contributed by atoms with van der Waals surface area (Å²) < 4.78 is 11.1. The fourth-order valence-electron chi connectivity index (χ4n) is 3.46. The van der Waals surface area contributed by atoms with Crippen molar-refractivity contribution in [2.75, 3.05) is 31.2 Å². The van der Waals surface area contributed by atoms with E-state index < -0.39 is 0 Å². The molecule has 0 bridgehead atoms. The van der Waals surface area contributed by atoms with E-state index in [1.165, 1.54) is 0 Å². The Kier molecular flexibility index (Phi) is 5.39. The molecular formula is C21H21ClN2O4. The predicted molar refractivity (Wildman–Crippen MR) is 106 cm³/mol. The molecule has 2 aliphatic rings. The van der Waals surface area contributed by atoms with Crippen LogP contribution in [0.2, 0.25) is 5.02 Å². The molecule has 0 aromatic heterocycles. The van der Waals surface area contributed by atoms with Crippen LogP contribution in [0.4, 0.5) is 5.69 Å². The second kappa shape index (κ2) is 8.10. The standard InChI is InChI=1S/C21H21ClN2O4/c22-16-3-1-14(2-4-16)7-8-23-21(26)15-11-20(25)24(13-15)17-5-6-18-19(12-17)28-10-9-27-18/h1-6,12,15H,7-11,13H2,(H,23,26). The van der Waals surface area contributed by atoms with Crippen LogP contribution in [0.1, 0.15) is 12.0 Å². The highest BCUT2D eigenvalue weighted by molar-refractivity contribution is 6.30. The van der Waals surface area contributed by atoms with Gasteiger partial charge < -0.3 is 19.7 Å². The molecule has 2 amide bonds. The number of ether oxygens (including phenoxy) is 2. The van der Waals surface area contributed by atoms with E-state index in [9.17, 15) is 9.59 Å². The molecule has 1 atom stereocenters. The molecule has 7 heteroatoms. The smallest absolute Gasteiger partial charge is 0.227 e. The Morgan fingerprint density at radius 3 is 2.64 bits per heavy atom. The van der Waals surface area contributed by atoms with Crippen LogP contribution in [0.25, 0.3) is 0 Å². The molecule has 28 heavy (non-hydrogen) atoms. The Morgan fingerprint density at radius 1 is 1.11 bits per heavy atom. The van der Waals surface area contributed by atoms with Gasteiger partial charge in [-0.3, -0.25) is 9.59 Å². The highest BCUT2D eigenvalue weighted by Crippen LogP contribution is 2.35. The number of fused-ring (bicyclic) bond motifs is 1. The van der Waals surface area contributed by atoms with E-state index in [0.29, 0.717) is 42.8 Å². The van der Waals surface area contributed by atoms with E-state index in [4.69, 9.17) is 21.1 Å². The highest BCUT2D eigenvalue weighted by Gasteiger charge is 2.35. The van der Waals surface area contributed by atoms with Crippen molar-refractivity contribution in [1.29, 1.82) is 0 Å². The minimum atomic E-state index is -0.356. The molecule has 1 saturated heterocycles. The number of hydrogen-bond acceptors (Lipinski definition) is 4. The van der Waals surface area contributed by atoms with Gasteiger partial charge in [0, 0.05) is 36.3 Å². The van der Waals surface area contributed by atoms with Crippen LogP contribution in [0.3, 0.4) is 0 Å². The first-order chi connectivity index (χ1) is 13.6. The van der Waals surface area contributed by atoms with Gasteiger partial charge in [-0.1, -0.05) is 23.7 Å². The average Bonchev–Trinajstić information content (AvgIpc) is 3.11. The van der Waals surface area contributed by atoms with Crippen molar-refractivity contribution >= 4 is 29.1 Å². The first-order valence-corrected chi connectivity index (χ1v) is 9.70. The van der Waals surface area contributed by atoms with Crippen LogP contribution in [-0.2, 0) is 16.0 Å². The number of rotatable bonds is 5. The lowest BCUT2D eigenvalue weighted by Gasteiger charge is -2.22. The van der Waals surface area contributed by atoms with Gasteiger partial charge in [-0.25, -0.2) is 0 Å². The van der Waals surface area contributed by atoms with Crippen LogP contribution in [-0.4, -0.2) is 38.1 Å². The number of benzene rings is 2. The molecule has 0 radical (unpaired) electrons. The van der Waals surface area contributed by atoms with Gasteiger partial charge in [0.25, 0.3) is 0 Å². The molecule has 1 unspecified atom stereocenters. The van der Waals surface area contributed by atoms with Crippen LogP contribution < -0.4 is 19.7 Å². The number of nitrogens with zero attached hydrogens (tertiary/aromatic N) is 1. The first kappa shape index (κ1) is 18.6. The number of carbonyl (C=O) groups excluding carboxylic acids is 2. The molecule has 4 rings (SSSR count). The number of hydrogen-bond donors (Lipinski definition) is 1. The molecule has 2 heterocycles. The zero-order chi connectivity index (χ0) is 19.5. The Labute approximate surface area is 168 Å². The number of amides is 2. The minimum absolute atomic E-state index is 0.0606. The Morgan fingerprint density at radius 2 is 1.86 bits per heavy atom. The van der Waals surface area contributed by atoms with E-state index in [0.717, 1.165) is 17.7 Å². The average molecular weight is 401 g/mol. The van der Waals surface area contributed by atoms with Crippen LogP contribution >= 0.6 is 11.6 Å². The SMILES string of the molecule is O=C(NCCc1ccc(Cl)cc1)C1CC(=O)N(c2ccc3c(c2)OCCO3)C1. The summed E-state index contributed by atoms with van der Waals surface area (Å²) in [6.45, 7) is 1.90. The number of halogens is 1. The van der Waals surface area contributed by atoms with Crippen LogP contribution in [0.5, 0.6) is 11.5 Å². The van der Waals surface area contributed by atoms with Gasteiger partial charge in [0.05, 0.1) is 5.92 Å². The van der Waals surface area contributed by atoms with Gasteiger partial charge in [0.2, 0.25) is 11.8 Å². The molecule has 2 aliphatic heterocycles. The van der Waals surface area contributed by atoms with Gasteiger partial charge in [0.15, 0.2) is 11.5 Å². The van der Waals surface area contributed by atoms with E-state index >= 15 is 0 Å². The maximum atomic E-state index is 12.5. The van der Waals surface area contributed by atoms with Crippen molar-refractivity contribution in [3.63, 3.8) is 0 Å². The lowest BCUT2D eigenvalue weighted by Crippen LogP contribution is -2.34. The summed E-state index contributed by atoms with van der Waals surface area (Å²) in [4.78, 5) is 26.6. The fourth-order valence-corrected chi connectivity index (χ4v) is 3.58. The molecule has 1 N–H and O–H groups in total. The summed E-state index contributed by atoms with van der Waals surface area (Å²) in [5.41, 5.74) is 1.83. The van der Waals surface area contributed by atoms with Crippen molar-refractivity contribution in [3.8, 4) is 11.5 Å².